The van der Waals surface area contributed by atoms with Gasteiger partial charge in [-0.15, -0.1) is 11.3 Å². The summed E-state index contributed by atoms with van der Waals surface area (Å²) in [5.41, 5.74) is 5.05. The number of nitrogens with one attached hydrogen (secondary N) is 3. The normalized spacial score (nSPS) is 11.5. The number of nitrogens with zero attached hydrogens (tertiary/aromatic N) is 1. The fourth-order valence-electron chi connectivity index (χ4n) is 3.35. The summed E-state index contributed by atoms with van der Waals surface area (Å²) in [5.74, 6) is -0.624. The van der Waals surface area contributed by atoms with Crippen molar-refractivity contribution in [1.29, 1.82) is 0 Å². The van der Waals surface area contributed by atoms with Crippen molar-refractivity contribution in [3.63, 3.8) is 0 Å². The van der Waals surface area contributed by atoms with Crippen LogP contribution in [-0.4, -0.2) is 51.9 Å². The molecule has 3 rings (SSSR count). The predicted octanol–water partition coefficient (Wildman–Crippen LogP) is 3.06. The molecule has 1 heterocycles. The first kappa shape index (κ1) is 25.3. The van der Waals surface area contributed by atoms with Crippen LogP contribution in [0.3, 0.4) is 0 Å². The van der Waals surface area contributed by atoms with Crippen LogP contribution < -0.4 is 20.8 Å². The molecule has 0 aliphatic carbocycles. The fraction of sp³-hybridized carbons (Fsp3) is 0.292. The summed E-state index contributed by atoms with van der Waals surface area (Å²) in [5, 5.41) is 12.4. The van der Waals surface area contributed by atoms with Crippen LogP contribution in [0, 0.1) is 5.82 Å². The minimum absolute atomic E-state index is 0.264. The predicted molar refractivity (Wildman–Crippen MR) is 131 cm³/mol. The molecule has 0 atom stereocenters. The summed E-state index contributed by atoms with van der Waals surface area (Å²) in [6.45, 7) is 0.714. The van der Waals surface area contributed by atoms with Gasteiger partial charge in [-0.3, -0.25) is 9.59 Å². The van der Waals surface area contributed by atoms with Gasteiger partial charge in [0, 0.05) is 47.5 Å². The molecule has 34 heavy (non-hydrogen) atoms. The van der Waals surface area contributed by atoms with Gasteiger partial charge in [0.2, 0.25) is 0 Å². The molecule has 0 radical (unpaired) electrons. The molecule has 0 aliphatic rings. The summed E-state index contributed by atoms with van der Waals surface area (Å²) in [4.78, 5) is 24.8. The Morgan fingerprint density at radius 3 is 2.74 bits per heavy atom. The molecule has 0 unspecified atom stereocenters. The van der Waals surface area contributed by atoms with Crippen LogP contribution in [0.15, 0.2) is 46.9 Å². The molecule has 3 N–H and O–H groups in total. The first-order chi connectivity index (χ1) is 16.5. The summed E-state index contributed by atoms with van der Waals surface area (Å²) in [6, 6.07) is 9.94. The van der Waals surface area contributed by atoms with Gasteiger partial charge in [0.15, 0.2) is 0 Å². The molecule has 1 aromatic heterocycles. The smallest absolute Gasteiger partial charge is 0.259 e. The quantitative estimate of drug-likeness (QED) is 0.286. The van der Waals surface area contributed by atoms with E-state index in [1.54, 1.807) is 36.8 Å². The second kappa shape index (κ2) is 12.2. The first-order valence-electron chi connectivity index (χ1n) is 10.6. The maximum Gasteiger partial charge on any atom is 0.259 e. The number of thiophene rings is 1. The molecule has 0 fully saturated rings. The van der Waals surface area contributed by atoms with E-state index >= 15 is 0 Å². The van der Waals surface area contributed by atoms with Crippen molar-refractivity contribution in [1.82, 2.24) is 16.1 Å². The van der Waals surface area contributed by atoms with Gasteiger partial charge in [-0.25, -0.2) is 9.82 Å². The Morgan fingerprint density at radius 1 is 1.18 bits per heavy atom. The number of benzene rings is 2. The van der Waals surface area contributed by atoms with Crippen LogP contribution in [0.1, 0.15) is 27.9 Å². The zero-order valence-electron chi connectivity index (χ0n) is 19.2. The van der Waals surface area contributed by atoms with Crippen molar-refractivity contribution in [2.75, 3.05) is 34.4 Å². The number of amides is 2. The van der Waals surface area contributed by atoms with E-state index in [2.05, 4.69) is 21.2 Å². The molecule has 0 bridgehead atoms. The summed E-state index contributed by atoms with van der Waals surface area (Å²) in [7, 11) is 4.92. The first-order valence-corrected chi connectivity index (χ1v) is 11.5. The second-order valence-electron chi connectivity index (χ2n) is 7.34. The molecule has 3 aromatic rings. The molecule has 2 aromatic carbocycles. The van der Waals surface area contributed by atoms with Crippen LogP contribution >= 0.6 is 11.3 Å². The zero-order valence-corrected chi connectivity index (χ0v) is 20.1. The molecule has 2 amide bonds. The Labute approximate surface area is 201 Å². The van der Waals surface area contributed by atoms with E-state index < -0.39 is 11.8 Å². The minimum atomic E-state index is -0.493. The van der Waals surface area contributed by atoms with E-state index in [0.717, 1.165) is 16.5 Å². The van der Waals surface area contributed by atoms with E-state index in [1.165, 1.54) is 24.5 Å². The third-order valence-corrected chi connectivity index (χ3v) is 6.05. The van der Waals surface area contributed by atoms with Crippen LogP contribution in [0.4, 0.5) is 4.39 Å². The Bertz CT molecular complexity index is 1190. The molecule has 0 saturated carbocycles. The van der Waals surface area contributed by atoms with E-state index in [-0.39, 0.29) is 12.4 Å². The van der Waals surface area contributed by atoms with Crippen molar-refractivity contribution in [3.8, 4) is 5.75 Å². The number of carbonyl (C=O) groups excluding carboxylic acids is 2. The van der Waals surface area contributed by atoms with Crippen molar-refractivity contribution < 1.29 is 23.5 Å². The third-order valence-electron chi connectivity index (χ3n) is 5.05. The maximum absolute atomic E-state index is 14.1. The molecule has 10 heteroatoms. The van der Waals surface area contributed by atoms with Gasteiger partial charge < -0.3 is 20.1 Å². The van der Waals surface area contributed by atoms with E-state index in [1.807, 2.05) is 13.1 Å². The van der Waals surface area contributed by atoms with Crippen LogP contribution in [0.2, 0.25) is 0 Å². The molecule has 8 nitrogen and oxygen atoms in total. The van der Waals surface area contributed by atoms with Gasteiger partial charge in [-0.1, -0.05) is 18.2 Å². The number of ether oxygens (including phenoxy) is 2. The monoisotopic (exact) mass is 486 g/mol. The van der Waals surface area contributed by atoms with E-state index in [9.17, 15) is 14.0 Å². The fourth-order valence-corrected chi connectivity index (χ4v) is 4.33. The van der Waals surface area contributed by atoms with E-state index in [0.29, 0.717) is 41.3 Å². The highest BCUT2D eigenvalue weighted by Crippen LogP contribution is 2.29. The third kappa shape index (κ3) is 6.16. The largest absolute Gasteiger partial charge is 0.496 e. The topological polar surface area (TPSA) is 101 Å². The maximum atomic E-state index is 14.1. The number of hydrogen-bond donors (Lipinski definition) is 3. The van der Waals surface area contributed by atoms with Gasteiger partial charge in [0.1, 0.15) is 11.6 Å². The Morgan fingerprint density at radius 2 is 2.00 bits per heavy atom. The van der Waals surface area contributed by atoms with Crippen LogP contribution in [0.25, 0.3) is 10.1 Å². The standard InChI is InChI=1S/C24H27FN4O4S/c1-26-12-16-8-7-15(11-21(16)33-3)24(31)27-13-22(30)29-28-20(9-10-32-2)18-14-34-23-17(18)5-4-6-19(23)25/h4-8,11,14,26H,9-10,12-13H2,1-3H3,(H,27,31)(H,29,30)/b28-20+. The van der Waals surface area contributed by atoms with Gasteiger partial charge in [-0.05, 0) is 25.2 Å². The molecule has 180 valence electrons. The lowest BCUT2D eigenvalue weighted by Gasteiger charge is -2.11. The zero-order chi connectivity index (χ0) is 24.5. The SMILES string of the molecule is CNCc1ccc(C(=O)NCC(=O)N/N=C(\CCOC)c2csc3c(F)cccc23)cc1OC. The molecular weight excluding hydrogens is 459 g/mol. The molecule has 0 saturated heterocycles. The second-order valence-corrected chi connectivity index (χ2v) is 8.22. The summed E-state index contributed by atoms with van der Waals surface area (Å²) >= 11 is 1.27. The highest BCUT2D eigenvalue weighted by molar-refractivity contribution is 7.17. The average molecular weight is 487 g/mol. The lowest BCUT2D eigenvalue weighted by molar-refractivity contribution is -0.120. The van der Waals surface area contributed by atoms with Crippen molar-refractivity contribution in [2.24, 2.45) is 5.10 Å². The Hall–Kier alpha value is -3.34. The number of hydrogen-bond acceptors (Lipinski definition) is 7. The summed E-state index contributed by atoms with van der Waals surface area (Å²) in [6.07, 6.45) is 0.421. The van der Waals surface area contributed by atoms with Gasteiger partial charge in [0.25, 0.3) is 11.8 Å². The number of fused-ring (bicyclic) bond motifs is 1. The van der Waals surface area contributed by atoms with Gasteiger partial charge in [-0.2, -0.15) is 5.10 Å². The number of halogens is 1. The number of methoxy groups -OCH3 is 2. The minimum Gasteiger partial charge on any atom is -0.496 e. The van der Waals surface area contributed by atoms with Gasteiger partial charge >= 0.3 is 0 Å². The Kier molecular flexibility index (Phi) is 9.08. The highest BCUT2D eigenvalue weighted by atomic mass is 32.1. The molecular formula is C24H27FN4O4S. The van der Waals surface area contributed by atoms with Crippen molar-refractivity contribution in [3.05, 3.63) is 64.3 Å². The number of rotatable bonds is 11. The van der Waals surface area contributed by atoms with Crippen LogP contribution in [0.5, 0.6) is 5.75 Å². The lowest BCUT2D eigenvalue weighted by atomic mass is 10.1. The molecule has 0 spiro atoms. The van der Waals surface area contributed by atoms with Crippen molar-refractivity contribution in [2.45, 2.75) is 13.0 Å². The number of carbonyl (C=O) groups is 2. The Balaban J connectivity index is 1.66. The lowest BCUT2D eigenvalue weighted by Crippen LogP contribution is -2.35. The van der Waals surface area contributed by atoms with Crippen molar-refractivity contribution >= 4 is 38.9 Å². The highest BCUT2D eigenvalue weighted by Gasteiger charge is 2.15. The summed E-state index contributed by atoms with van der Waals surface area (Å²) < 4.78 is 25.1. The number of hydrazone groups is 1. The average Bonchev–Trinajstić information content (AvgIpc) is 3.28. The van der Waals surface area contributed by atoms with Crippen LogP contribution in [-0.2, 0) is 16.1 Å². The van der Waals surface area contributed by atoms with Gasteiger partial charge in [0.05, 0.1) is 30.7 Å². The molecule has 0 aliphatic heterocycles. The van der Waals surface area contributed by atoms with E-state index in [4.69, 9.17) is 9.47 Å².